The highest BCUT2D eigenvalue weighted by molar-refractivity contribution is 6.00. The Balaban J connectivity index is 1.07. The van der Waals surface area contributed by atoms with Crippen molar-refractivity contribution < 1.29 is 68.1 Å². The largest absolute Gasteiger partial charge is 0.508 e. The molecule has 9 atom stereocenters. The Hall–Kier alpha value is -10.9. The van der Waals surface area contributed by atoms with Crippen LogP contribution in [0.1, 0.15) is 81.2 Å². The SMILES string of the molecule is CC(C)C[C@H](NC(=O)[C@@H](Cc1ccc2ccccc2c1)NC(=O)[C@H](Cc1ccc(O)cc1)NC(=O)[C@H](CO)N(C)C(=O)[C@H](Cc1c[nH]c2ccccc12)NC(=O)[C@H](Cc1cnc[nH]1)NC(=O)[C@@H]1CCC(=O)N1)C(=O)N[C@@H](CCCN=C(N)N)C(=O)N1CCC[C@@H]1C(=O)NCC(=O)O. The van der Waals surface area contributed by atoms with E-state index in [9.17, 15) is 53.7 Å². The number of carbonyl (C=O) groups is 11. The fourth-order valence-electron chi connectivity index (χ4n) is 11.9. The van der Waals surface area contributed by atoms with E-state index in [0.29, 0.717) is 39.7 Å². The maximum Gasteiger partial charge on any atom is 0.322 e. The lowest BCUT2D eigenvalue weighted by molar-refractivity contribution is -0.144. The molecule has 17 N–H and O–H groups in total. The number of phenols is 1. The van der Waals surface area contributed by atoms with Crippen LogP contribution in [0.5, 0.6) is 5.75 Å². The number of imidazole rings is 1. The average molecular weight is 1340 g/mol. The normalized spacial score (nSPS) is 16.5. The minimum atomic E-state index is -1.75. The molecule has 30 heteroatoms. The van der Waals surface area contributed by atoms with Crippen molar-refractivity contribution in [2.24, 2.45) is 22.4 Å². The van der Waals surface area contributed by atoms with E-state index >= 15 is 14.4 Å². The number of nitrogens with one attached hydrogen (secondary N) is 10. The molecule has 2 saturated heterocycles. The first-order valence-corrected chi connectivity index (χ1v) is 32.1. The minimum Gasteiger partial charge on any atom is -0.508 e. The Labute approximate surface area is 558 Å². The fraction of sp³-hybridized carbons (Fsp3) is 0.418. The van der Waals surface area contributed by atoms with Crippen molar-refractivity contribution in [2.45, 2.75) is 139 Å². The molecule has 0 spiro atoms. The number of aromatic hydroxyl groups is 1. The molecule has 0 radical (unpaired) electrons. The molecule has 10 amide bonds. The summed E-state index contributed by atoms with van der Waals surface area (Å²) in [6.45, 7) is 2.08. The number of nitrogens with two attached hydrogens (primary N) is 2. The summed E-state index contributed by atoms with van der Waals surface area (Å²) in [4.78, 5) is 171. The highest BCUT2D eigenvalue weighted by Crippen LogP contribution is 2.24. The number of hydrogen-bond acceptors (Lipinski definition) is 15. The highest BCUT2D eigenvalue weighted by atomic mass is 16.4. The summed E-state index contributed by atoms with van der Waals surface area (Å²) in [5.41, 5.74) is 13.8. The lowest BCUT2D eigenvalue weighted by atomic mass is 9.98. The van der Waals surface area contributed by atoms with Crippen molar-refractivity contribution in [3.63, 3.8) is 0 Å². The van der Waals surface area contributed by atoms with E-state index in [1.165, 1.54) is 48.7 Å². The Morgan fingerprint density at radius 1 is 0.711 bits per heavy atom. The number of benzene rings is 4. The number of H-pyrrole nitrogens is 2. The second-order valence-corrected chi connectivity index (χ2v) is 24.7. The number of carbonyl (C=O) groups excluding carboxylic acids is 10. The predicted molar refractivity (Wildman–Crippen MR) is 355 cm³/mol. The Morgan fingerprint density at radius 3 is 2.00 bits per heavy atom. The van der Waals surface area contributed by atoms with Gasteiger partial charge in [-0.3, -0.25) is 57.7 Å². The molecule has 0 saturated carbocycles. The lowest BCUT2D eigenvalue weighted by Gasteiger charge is -2.32. The van der Waals surface area contributed by atoms with Gasteiger partial charge in [-0.2, -0.15) is 0 Å². The number of nitrogens with zero attached hydrogens (tertiary/aromatic N) is 4. The van der Waals surface area contributed by atoms with Crippen LogP contribution in [0.2, 0.25) is 0 Å². The number of aliphatic imine (C=N–C) groups is 1. The van der Waals surface area contributed by atoms with E-state index in [0.717, 1.165) is 15.7 Å². The third kappa shape index (κ3) is 20.1. The van der Waals surface area contributed by atoms with Gasteiger partial charge in [-0.15, -0.1) is 0 Å². The number of hydrogen-bond donors (Lipinski definition) is 15. The molecular formula is C67H84N16O14. The first kappa shape index (κ1) is 71.9. The molecule has 4 heterocycles. The number of para-hydroxylation sites is 1. The Morgan fingerprint density at radius 2 is 1.34 bits per heavy atom. The van der Waals surface area contributed by atoms with Gasteiger partial charge in [-0.1, -0.05) is 86.6 Å². The zero-order chi connectivity index (χ0) is 69.9. The summed E-state index contributed by atoms with van der Waals surface area (Å²) in [5.74, 6) is -9.54. The van der Waals surface area contributed by atoms with E-state index in [4.69, 9.17) is 11.5 Å². The quantitative estimate of drug-likeness (QED) is 0.0138. The highest BCUT2D eigenvalue weighted by Gasteiger charge is 2.41. The lowest BCUT2D eigenvalue weighted by Crippen LogP contribution is -2.62. The van der Waals surface area contributed by atoms with Crippen LogP contribution in [0.4, 0.5) is 0 Å². The molecule has 516 valence electrons. The number of likely N-dealkylation sites (tertiary alicyclic amines) is 1. The van der Waals surface area contributed by atoms with Crippen LogP contribution in [0.25, 0.3) is 21.7 Å². The van der Waals surface area contributed by atoms with Gasteiger partial charge in [0.1, 0.15) is 66.7 Å². The number of aliphatic carboxylic acids is 1. The number of carboxylic acid groups (broad SMARTS) is 1. The number of guanidine groups is 1. The monoisotopic (exact) mass is 1340 g/mol. The van der Waals surface area contributed by atoms with Gasteiger partial charge in [0.05, 0.1) is 12.9 Å². The van der Waals surface area contributed by atoms with Crippen molar-refractivity contribution in [3.05, 3.63) is 132 Å². The molecule has 2 aliphatic heterocycles. The van der Waals surface area contributed by atoms with Crippen molar-refractivity contribution in [1.29, 1.82) is 0 Å². The van der Waals surface area contributed by atoms with Crippen molar-refractivity contribution in [1.82, 2.24) is 67.3 Å². The second-order valence-electron chi connectivity index (χ2n) is 24.7. The molecule has 0 unspecified atom stereocenters. The number of aromatic amines is 2. The van der Waals surface area contributed by atoms with Gasteiger partial charge >= 0.3 is 5.97 Å². The molecule has 2 aromatic heterocycles. The zero-order valence-corrected chi connectivity index (χ0v) is 54.0. The number of fused-ring (bicyclic) bond motifs is 2. The van der Waals surface area contributed by atoms with Gasteiger partial charge in [0.25, 0.3) is 0 Å². The van der Waals surface area contributed by atoms with E-state index in [-0.39, 0.29) is 101 Å². The van der Waals surface area contributed by atoms with E-state index in [1.54, 1.807) is 44.3 Å². The average Bonchev–Trinajstić information content (AvgIpc) is 1.81. The molecule has 30 nitrogen and oxygen atoms in total. The van der Waals surface area contributed by atoms with Crippen LogP contribution in [-0.4, -0.2) is 199 Å². The topological polar surface area (TPSA) is 460 Å². The standard InChI is InChI=1S/C67H84N16O14/c1-37(2)26-49(59(90)76-48(14-8-24-71-67(68)69)66(97)83-25-9-15-54(83)63(94)73-34-57(87)88)77-61(92)51(29-39-16-19-40-10-4-5-11-41(40)27-39)78-60(91)50(28-38-17-20-44(85)21-18-38)80-64(95)55(35-84)82(3)65(96)53(30-42-32-72-46-13-7-6-12-45(42)46)81-62(93)52(31-43-33-70-36-74-43)79-58(89)47-22-23-56(86)75-47/h4-7,10-13,16-21,27,32-33,36-37,47-55,72,84-85H,8-9,14-15,22-26,28-31,34-35H2,1-3H3,(H,70,74)(H,73,94)(H,75,86)(H,76,90)(H,77,92)(H,78,91)(H,79,89)(H,80,95)(H,81,93)(H,87,88)(H4,68,69,71)/t47-,48-,49-,50-,51+,52-,53-,54+,55-/m0/s1. The third-order valence-electron chi connectivity index (χ3n) is 17.0. The number of rotatable bonds is 33. The minimum absolute atomic E-state index is 0.0112. The van der Waals surface area contributed by atoms with Crippen molar-refractivity contribution >= 4 is 92.7 Å². The van der Waals surface area contributed by atoms with Crippen LogP contribution in [-0.2, 0) is 78.4 Å². The molecule has 2 aliphatic rings. The maximum absolute atomic E-state index is 15.2. The van der Waals surface area contributed by atoms with Crippen LogP contribution in [0.15, 0.2) is 115 Å². The van der Waals surface area contributed by atoms with E-state index < -0.39 is 127 Å². The first-order chi connectivity index (χ1) is 46.4. The van der Waals surface area contributed by atoms with Crippen LogP contribution < -0.4 is 54.0 Å². The summed E-state index contributed by atoms with van der Waals surface area (Å²) in [6.07, 6.45) is 4.78. The molecule has 6 aromatic rings. The Bertz CT molecular complexity index is 3840. The molecule has 2 fully saturated rings. The number of aliphatic hydroxyl groups excluding tert-OH is 1. The van der Waals surface area contributed by atoms with Gasteiger partial charge in [0, 0.05) is 81.2 Å². The summed E-state index contributed by atoms with van der Waals surface area (Å²) >= 11 is 0. The number of aliphatic hydroxyl groups is 1. The van der Waals surface area contributed by atoms with Gasteiger partial charge in [-0.05, 0) is 90.1 Å². The number of phenolic OH excluding ortho intramolecular Hbond substituents is 1. The van der Waals surface area contributed by atoms with Gasteiger partial charge in [0.2, 0.25) is 59.1 Å². The smallest absolute Gasteiger partial charge is 0.322 e. The van der Waals surface area contributed by atoms with E-state index in [1.807, 2.05) is 42.5 Å². The van der Waals surface area contributed by atoms with Crippen molar-refractivity contribution in [3.8, 4) is 5.75 Å². The van der Waals surface area contributed by atoms with Crippen LogP contribution in [0, 0.1) is 5.92 Å². The molecule has 0 bridgehead atoms. The van der Waals surface area contributed by atoms with Gasteiger partial charge < -0.3 is 89.1 Å². The van der Waals surface area contributed by atoms with Crippen LogP contribution >= 0.6 is 0 Å². The number of carboxylic acids is 1. The summed E-state index contributed by atoms with van der Waals surface area (Å²) in [5, 5.41) is 54.5. The second kappa shape index (κ2) is 34.0. The molecule has 8 rings (SSSR count). The molecule has 0 aliphatic carbocycles. The number of aromatic nitrogens is 3. The van der Waals surface area contributed by atoms with Gasteiger partial charge in [-0.25, -0.2) is 4.98 Å². The summed E-state index contributed by atoms with van der Waals surface area (Å²) in [7, 11) is 1.23. The van der Waals surface area contributed by atoms with Gasteiger partial charge in [0.15, 0.2) is 5.96 Å². The Kier molecular flexibility index (Phi) is 25.2. The third-order valence-corrected chi connectivity index (χ3v) is 17.0. The fourth-order valence-corrected chi connectivity index (χ4v) is 11.9. The zero-order valence-electron chi connectivity index (χ0n) is 54.0. The maximum atomic E-state index is 15.2. The summed E-state index contributed by atoms with van der Waals surface area (Å²) in [6, 6.07) is 13.5. The van der Waals surface area contributed by atoms with Crippen LogP contribution in [0.3, 0.4) is 0 Å². The molecule has 4 aromatic carbocycles. The number of likely N-dealkylation sites (N-methyl/N-ethyl adjacent to an activating group) is 1. The molecule has 97 heavy (non-hydrogen) atoms. The van der Waals surface area contributed by atoms with Crippen molar-refractivity contribution in [2.75, 3.05) is 33.3 Å². The van der Waals surface area contributed by atoms with E-state index in [2.05, 4.69) is 62.5 Å². The first-order valence-electron chi connectivity index (χ1n) is 32.1. The predicted octanol–water partition coefficient (Wildman–Crippen LogP) is -0.681. The molecular weight excluding hydrogens is 1250 g/mol. The number of amides is 10. The summed E-state index contributed by atoms with van der Waals surface area (Å²) < 4.78 is 0.